The number of hydrogen-bond donors (Lipinski definition) is 0. The number of amides is 1. The maximum atomic E-state index is 11.2. The molecule has 1 unspecified atom stereocenters. The lowest BCUT2D eigenvalue weighted by Gasteiger charge is -2.04. The Morgan fingerprint density at radius 3 is 2.46 bits per heavy atom. The van der Waals surface area contributed by atoms with E-state index >= 15 is 0 Å². The van der Waals surface area contributed by atoms with Crippen molar-refractivity contribution in [2.45, 2.75) is 26.7 Å². The minimum Gasteiger partial charge on any atom is -0.451 e. The molecular formula is C9H15NO3. The van der Waals surface area contributed by atoms with Crippen molar-refractivity contribution in [1.29, 1.82) is 0 Å². The van der Waals surface area contributed by atoms with Gasteiger partial charge in [-0.2, -0.15) is 4.99 Å². The van der Waals surface area contributed by atoms with Crippen LogP contribution in [0.3, 0.4) is 0 Å². The molecule has 0 radical (unpaired) electrons. The summed E-state index contributed by atoms with van der Waals surface area (Å²) in [5.41, 5.74) is 0. The number of rotatable bonds is 4. The molecule has 0 aliphatic rings. The summed E-state index contributed by atoms with van der Waals surface area (Å²) in [7, 11) is 1.25. The number of methoxy groups -OCH3 is 1. The number of carbonyl (C=O) groups excluding carboxylic acids is 2. The van der Waals surface area contributed by atoms with Crippen molar-refractivity contribution < 1.29 is 14.3 Å². The highest BCUT2D eigenvalue weighted by atomic mass is 16.5. The zero-order valence-corrected chi connectivity index (χ0v) is 8.24. The first kappa shape index (κ1) is 11.8. The van der Waals surface area contributed by atoms with Crippen LogP contribution < -0.4 is 0 Å². The quantitative estimate of drug-likeness (QED) is 0.628. The molecule has 0 N–H and O–H groups in total. The van der Waals surface area contributed by atoms with Crippen molar-refractivity contribution in [3.8, 4) is 0 Å². The molecule has 4 nitrogen and oxygen atoms in total. The normalized spacial score (nSPS) is 12.8. The van der Waals surface area contributed by atoms with Crippen LogP contribution in [0.15, 0.2) is 4.99 Å². The number of hydrogen-bond acceptors (Lipinski definition) is 3. The van der Waals surface area contributed by atoms with E-state index in [4.69, 9.17) is 0 Å². The summed E-state index contributed by atoms with van der Waals surface area (Å²) >= 11 is 0. The van der Waals surface area contributed by atoms with Gasteiger partial charge in [0.25, 0.3) is 0 Å². The van der Waals surface area contributed by atoms with E-state index in [1.807, 2.05) is 6.92 Å². The Hall–Kier alpha value is -1.19. The van der Waals surface area contributed by atoms with Gasteiger partial charge in [0.05, 0.1) is 13.0 Å². The summed E-state index contributed by atoms with van der Waals surface area (Å²) in [6, 6.07) is 0. The van der Waals surface area contributed by atoms with Gasteiger partial charge < -0.3 is 4.74 Å². The second kappa shape index (κ2) is 6.34. The van der Waals surface area contributed by atoms with E-state index in [1.54, 1.807) is 6.92 Å². The Labute approximate surface area is 78.0 Å². The molecule has 0 rings (SSSR count). The maximum Gasteiger partial charge on any atom is 0.432 e. The number of aliphatic imine (C=N–C) groups is 1. The second-order valence-electron chi connectivity index (χ2n) is 2.58. The summed E-state index contributed by atoms with van der Waals surface area (Å²) in [5, 5.41) is 0. The van der Waals surface area contributed by atoms with Gasteiger partial charge in [-0.3, -0.25) is 4.79 Å². The summed E-state index contributed by atoms with van der Waals surface area (Å²) in [4.78, 5) is 25.3. The number of ether oxygens (including phenoxy) is 1. The first-order chi connectivity index (χ1) is 6.15. The first-order valence-electron chi connectivity index (χ1n) is 4.30. The van der Waals surface area contributed by atoms with Crippen LogP contribution in [0, 0.1) is 5.92 Å². The van der Waals surface area contributed by atoms with Crippen molar-refractivity contribution in [3.05, 3.63) is 0 Å². The summed E-state index contributed by atoms with van der Waals surface area (Å²) in [6.07, 6.45) is 1.82. The van der Waals surface area contributed by atoms with E-state index in [1.165, 1.54) is 13.3 Å². The molecule has 4 heteroatoms. The molecular weight excluding hydrogens is 170 g/mol. The van der Waals surface area contributed by atoms with Crippen LogP contribution in [-0.2, 0) is 9.53 Å². The van der Waals surface area contributed by atoms with Gasteiger partial charge in [-0.25, -0.2) is 4.79 Å². The van der Waals surface area contributed by atoms with Gasteiger partial charge >= 0.3 is 6.09 Å². The van der Waals surface area contributed by atoms with Crippen LogP contribution in [0.4, 0.5) is 4.79 Å². The topological polar surface area (TPSA) is 55.7 Å². The molecule has 0 aliphatic heterocycles. The number of Topliss-reactive ketones (excluding diaryl/α,β-unsaturated/α-hetero) is 1. The van der Waals surface area contributed by atoms with E-state index in [2.05, 4.69) is 9.73 Å². The first-order valence-corrected chi connectivity index (χ1v) is 4.30. The van der Waals surface area contributed by atoms with Crippen LogP contribution >= 0.6 is 0 Å². The third-order valence-corrected chi connectivity index (χ3v) is 1.74. The maximum absolute atomic E-state index is 11.2. The molecule has 0 heterocycles. The number of carbonyl (C=O) groups is 2. The van der Waals surface area contributed by atoms with Gasteiger partial charge in [0.1, 0.15) is 5.78 Å². The average Bonchev–Trinajstić information content (AvgIpc) is 2.17. The Morgan fingerprint density at radius 1 is 1.46 bits per heavy atom. The average molecular weight is 185 g/mol. The van der Waals surface area contributed by atoms with Gasteiger partial charge in [-0.05, 0) is 6.42 Å². The third-order valence-electron chi connectivity index (χ3n) is 1.74. The minimum atomic E-state index is -0.664. The lowest BCUT2D eigenvalue weighted by molar-refractivity contribution is -0.120. The van der Waals surface area contributed by atoms with Gasteiger partial charge in [-0.15, -0.1) is 0 Å². The molecule has 0 bridgehead atoms. The standard InChI is InChI=1S/C9H15NO3/c1-4-7(8(11)5-2)6-10-9(12)13-3/h6-7H,4-5H2,1-3H3. The fourth-order valence-electron chi connectivity index (χ4n) is 0.882. The minimum absolute atomic E-state index is 0.0927. The summed E-state index contributed by atoms with van der Waals surface area (Å²) in [5.74, 6) is -0.167. The van der Waals surface area contributed by atoms with E-state index in [0.29, 0.717) is 12.8 Å². The van der Waals surface area contributed by atoms with E-state index in [0.717, 1.165) is 0 Å². The van der Waals surface area contributed by atoms with Gasteiger partial charge in [0.15, 0.2) is 0 Å². The largest absolute Gasteiger partial charge is 0.451 e. The molecule has 0 aromatic carbocycles. The molecule has 0 aromatic heterocycles. The monoisotopic (exact) mass is 185 g/mol. The molecule has 13 heavy (non-hydrogen) atoms. The smallest absolute Gasteiger partial charge is 0.432 e. The Kier molecular flexibility index (Phi) is 5.76. The lowest BCUT2D eigenvalue weighted by atomic mass is 10.0. The molecule has 74 valence electrons. The Bertz CT molecular complexity index is 211. The summed E-state index contributed by atoms with van der Waals surface area (Å²) in [6.45, 7) is 3.67. The fraction of sp³-hybridized carbons (Fsp3) is 0.667. The van der Waals surface area contributed by atoms with E-state index in [-0.39, 0.29) is 11.7 Å². The van der Waals surface area contributed by atoms with Gasteiger partial charge in [0.2, 0.25) is 0 Å². The summed E-state index contributed by atoms with van der Waals surface area (Å²) < 4.78 is 4.31. The number of nitrogens with zero attached hydrogens (tertiary/aromatic N) is 1. The van der Waals surface area contributed by atoms with Crippen LogP contribution in [-0.4, -0.2) is 25.2 Å². The molecule has 0 saturated heterocycles. The van der Waals surface area contributed by atoms with Crippen LogP contribution in [0.5, 0.6) is 0 Å². The fourth-order valence-corrected chi connectivity index (χ4v) is 0.882. The van der Waals surface area contributed by atoms with E-state index in [9.17, 15) is 9.59 Å². The molecule has 0 aromatic rings. The highest BCUT2D eigenvalue weighted by Gasteiger charge is 2.11. The Balaban J connectivity index is 4.19. The predicted octanol–water partition coefficient (Wildman–Crippen LogP) is 1.83. The van der Waals surface area contributed by atoms with Crippen molar-refractivity contribution >= 4 is 18.1 Å². The third kappa shape index (κ3) is 4.40. The molecule has 0 aliphatic carbocycles. The van der Waals surface area contributed by atoms with Crippen molar-refractivity contribution in [2.75, 3.05) is 7.11 Å². The molecule has 0 spiro atoms. The van der Waals surface area contributed by atoms with Crippen molar-refractivity contribution in [1.82, 2.24) is 0 Å². The van der Waals surface area contributed by atoms with Crippen LogP contribution in [0.1, 0.15) is 26.7 Å². The Morgan fingerprint density at radius 2 is 2.08 bits per heavy atom. The lowest BCUT2D eigenvalue weighted by Crippen LogP contribution is -2.14. The van der Waals surface area contributed by atoms with Crippen molar-refractivity contribution in [2.24, 2.45) is 10.9 Å². The van der Waals surface area contributed by atoms with Crippen LogP contribution in [0.25, 0.3) is 0 Å². The molecule has 1 atom stereocenters. The molecule has 0 saturated carbocycles. The van der Waals surface area contributed by atoms with Gasteiger partial charge in [0, 0.05) is 12.6 Å². The zero-order chi connectivity index (χ0) is 10.3. The zero-order valence-electron chi connectivity index (χ0n) is 8.24. The highest BCUT2D eigenvalue weighted by Crippen LogP contribution is 2.03. The second-order valence-corrected chi connectivity index (χ2v) is 2.58. The van der Waals surface area contributed by atoms with E-state index < -0.39 is 6.09 Å². The number of ketones is 1. The molecule has 1 amide bonds. The SMILES string of the molecule is CCC(=O)C(C=NC(=O)OC)CC. The predicted molar refractivity (Wildman–Crippen MR) is 50.0 cm³/mol. The molecule has 0 fully saturated rings. The highest BCUT2D eigenvalue weighted by molar-refractivity contribution is 5.97. The van der Waals surface area contributed by atoms with Crippen LogP contribution in [0.2, 0.25) is 0 Å². The van der Waals surface area contributed by atoms with Gasteiger partial charge in [-0.1, -0.05) is 13.8 Å². The van der Waals surface area contributed by atoms with Crippen molar-refractivity contribution in [3.63, 3.8) is 0 Å².